The lowest BCUT2D eigenvalue weighted by atomic mass is 10.4. The SMILES string of the molecule is NNc1ncc(F)cc1I. The molecule has 0 aliphatic rings. The van der Waals surface area contributed by atoms with E-state index in [1.807, 2.05) is 22.6 Å². The van der Waals surface area contributed by atoms with Crippen LogP contribution in [0.15, 0.2) is 12.3 Å². The van der Waals surface area contributed by atoms with Gasteiger partial charge in [-0.05, 0) is 28.7 Å². The monoisotopic (exact) mass is 253 g/mol. The molecule has 0 aliphatic heterocycles. The van der Waals surface area contributed by atoms with Gasteiger partial charge in [0, 0.05) is 0 Å². The van der Waals surface area contributed by atoms with E-state index >= 15 is 0 Å². The third-order valence-corrected chi connectivity index (χ3v) is 1.77. The molecule has 1 rings (SSSR count). The molecule has 0 spiro atoms. The van der Waals surface area contributed by atoms with Gasteiger partial charge in [0.15, 0.2) is 5.82 Å². The quantitative estimate of drug-likeness (QED) is 0.448. The van der Waals surface area contributed by atoms with Crippen molar-refractivity contribution in [3.63, 3.8) is 0 Å². The van der Waals surface area contributed by atoms with Crippen LogP contribution in [0, 0.1) is 9.39 Å². The molecule has 0 unspecified atom stereocenters. The molecule has 0 aliphatic carbocycles. The third-order valence-electron chi connectivity index (χ3n) is 0.945. The molecular formula is C5H5FIN3. The number of nitrogens with one attached hydrogen (secondary N) is 1. The molecular weight excluding hydrogens is 248 g/mol. The average molecular weight is 253 g/mol. The van der Waals surface area contributed by atoms with Gasteiger partial charge in [0.1, 0.15) is 5.82 Å². The number of nitrogen functional groups attached to an aromatic ring is 1. The molecule has 5 heteroatoms. The number of nitrogens with two attached hydrogens (primary N) is 1. The minimum atomic E-state index is -0.358. The minimum Gasteiger partial charge on any atom is -0.308 e. The molecule has 0 bridgehead atoms. The van der Waals surface area contributed by atoms with Gasteiger partial charge in [-0.3, -0.25) is 0 Å². The topological polar surface area (TPSA) is 50.9 Å². The van der Waals surface area contributed by atoms with Gasteiger partial charge in [-0.15, -0.1) is 0 Å². The van der Waals surface area contributed by atoms with Gasteiger partial charge in [-0.2, -0.15) is 0 Å². The summed E-state index contributed by atoms with van der Waals surface area (Å²) in [6, 6.07) is 1.35. The highest BCUT2D eigenvalue weighted by Gasteiger charge is 1.98. The van der Waals surface area contributed by atoms with Crippen LogP contribution in [0.2, 0.25) is 0 Å². The summed E-state index contributed by atoms with van der Waals surface area (Å²) in [4.78, 5) is 3.68. The molecule has 1 aromatic heterocycles. The highest BCUT2D eigenvalue weighted by Crippen LogP contribution is 2.13. The van der Waals surface area contributed by atoms with Gasteiger partial charge < -0.3 is 5.43 Å². The Morgan fingerprint density at radius 1 is 1.70 bits per heavy atom. The van der Waals surface area contributed by atoms with Crippen molar-refractivity contribution in [2.75, 3.05) is 5.43 Å². The summed E-state index contributed by atoms with van der Waals surface area (Å²) in [6.45, 7) is 0. The Labute approximate surface area is 70.9 Å². The Bertz CT molecular complexity index is 240. The van der Waals surface area contributed by atoms with Crippen LogP contribution in [0.25, 0.3) is 0 Å². The first kappa shape index (κ1) is 7.67. The number of aromatic nitrogens is 1. The van der Waals surface area contributed by atoms with E-state index < -0.39 is 0 Å². The van der Waals surface area contributed by atoms with Gasteiger partial charge >= 0.3 is 0 Å². The summed E-state index contributed by atoms with van der Waals surface area (Å²) in [5.74, 6) is 5.19. The fourth-order valence-electron chi connectivity index (χ4n) is 0.521. The van der Waals surface area contributed by atoms with Crippen LogP contribution in [0.3, 0.4) is 0 Å². The number of hydrogen-bond donors (Lipinski definition) is 2. The lowest BCUT2D eigenvalue weighted by molar-refractivity contribution is 0.620. The molecule has 0 saturated heterocycles. The Kier molecular flexibility index (Phi) is 2.39. The van der Waals surface area contributed by atoms with Crippen molar-refractivity contribution in [3.8, 4) is 0 Å². The Balaban J connectivity index is 3.07. The summed E-state index contributed by atoms with van der Waals surface area (Å²) >= 11 is 1.94. The van der Waals surface area contributed by atoms with Crippen LogP contribution in [0.1, 0.15) is 0 Å². The minimum absolute atomic E-state index is 0.358. The number of pyridine rings is 1. The summed E-state index contributed by atoms with van der Waals surface area (Å²) in [7, 11) is 0. The zero-order valence-electron chi connectivity index (χ0n) is 4.94. The molecule has 1 aromatic rings. The maximum atomic E-state index is 12.3. The van der Waals surface area contributed by atoms with E-state index in [-0.39, 0.29) is 5.82 Å². The summed E-state index contributed by atoms with van der Waals surface area (Å²) in [5, 5.41) is 0. The largest absolute Gasteiger partial charge is 0.308 e. The van der Waals surface area contributed by atoms with Crippen molar-refractivity contribution in [2.45, 2.75) is 0 Å². The molecule has 0 amide bonds. The Morgan fingerprint density at radius 3 is 2.90 bits per heavy atom. The smallest absolute Gasteiger partial charge is 0.153 e. The second kappa shape index (κ2) is 3.11. The summed E-state index contributed by atoms with van der Waals surface area (Å²) in [5.41, 5.74) is 2.34. The van der Waals surface area contributed by atoms with Crippen LogP contribution in [0.5, 0.6) is 0 Å². The Hall–Kier alpha value is -0.430. The number of halogens is 2. The van der Waals surface area contributed by atoms with Gasteiger partial charge in [0.2, 0.25) is 0 Å². The molecule has 0 fully saturated rings. The lowest BCUT2D eigenvalue weighted by Crippen LogP contribution is -2.10. The van der Waals surface area contributed by atoms with Crippen molar-refractivity contribution in [3.05, 3.63) is 21.7 Å². The zero-order chi connectivity index (χ0) is 7.56. The molecule has 0 atom stereocenters. The van der Waals surface area contributed by atoms with Crippen molar-refractivity contribution in [1.29, 1.82) is 0 Å². The first-order valence-corrected chi connectivity index (χ1v) is 3.59. The number of nitrogens with zero attached hydrogens (tertiary/aromatic N) is 1. The van der Waals surface area contributed by atoms with Gasteiger partial charge in [-0.1, -0.05) is 0 Å². The maximum absolute atomic E-state index is 12.3. The highest BCUT2D eigenvalue weighted by atomic mass is 127. The first-order valence-electron chi connectivity index (χ1n) is 2.51. The predicted octanol–water partition coefficient (Wildman–Crippen LogP) is 1.11. The number of hydrogen-bond acceptors (Lipinski definition) is 3. The maximum Gasteiger partial charge on any atom is 0.153 e. The molecule has 54 valence electrons. The predicted molar refractivity (Wildman–Crippen MR) is 44.7 cm³/mol. The molecule has 3 nitrogen and oxygen atoms in total. The van der Waals surface area contributed by atoms with Crippen LogP contribution in [0.4, 0.5) is 10.2 Å². The van der Waals surface area contributed by atoms with E-state index in [1.54, 1.807) is 0 Å². The van der Waals surface area contributed by atoms with Crippen LogP contribution in [-0.2, 0) is 0 Å². The zero-order valence-corrected chi connectivity index (χ0v) is 7.09. The molecule has 3 N–H and O–H groups in total. The first-order chi connectivity index (χ1) is 4.74. The fraction of sp³-hybridized carbons (Fsp3) is 0. The number of rotatable bonds is 1. The van der Waals surface area contributed by atoms with E-state index in [2.05, 4.69) is 10.4 Å². The standard InChI is InChI=1S/C5H5FIN3/c6-3-1-4(7)5(10-8)9-2-3/h1-2H,8H2,(H,9,10). The highest BCUT2D eigenvalue weighted by molar-refractivity contribution is 14.1. The van der Waals surface area contributed by atoms with Crippen LogP contribution >= 0.6 is 22.6 Å². The molecule has 1 heterocycles. The normalized spacial score (nSPS) is 9.50. The number of anilines is 1. The molecule has 0 saturated carbocycles. The third kappa shape index (κ3) is 1.54. The van der Waals surface area contributed by atoms with Gasteiger partial charge in [0.05, 0.1) is 9.77 Å². The Morgan fingerprint density at radius 2 is 2.40 bits per heavy atom. The fourth-order valence-corrected chi connectivity index (χ4v) is 1.11. The molecule has 10 heavy (non-hydrogen) atoms. The van der Waals surface area contributed by atoms with E-state index in [0.29, 0.717) is 9.39 Å². The van der Waals surface area contributed by atoms with Crippen molar-refractivity contribution >= 4 is 28.4 Å². The lowest BCUT2D eigenvalue weighted by Gasteiger charge is -1.99. The van der Waals surface area contributed by atoms with E-state index in [0.717, 1.165) is 6.20 Å². The van der Waals surface area contributed by atoms with Crippen molar-refractivity contribution in [1.82, 2.24) is 4.98 Å². The molecule has 0 aromatic carbocycles. The van der Waals surface area contributed by atoms with Crippen molar-refractivity contribution < 1.29 is 4.39 Å². The van der Waals surface area contributed by atoms with E-state index in [1.165, 1.54) is 6.07 Å². The van der Waals surface area contributed by atoms with E-state index in [4.69, 9.17) is 5.84 Å². The second-order valence-corrected chi connectivity index (χ2v) is 2.79. The van der Waals surface area contributed by atoms with Crippen LogP contribution in [-0.4, -0.2) is 4.98 Å². The molecule has 0 radical (unpaired) electrons. The second-order valence-electron chi connectivity index (χ2n) is 1.63. The van der Waals surface area contributed by atoms with Gasteiger partial charge in [0.25, 0.3) is 0 Å². The van der Waals surface area contributed by atoms with E-state index in [9.17, 15) is 4.39 Å². The average Bonchev–Trinajstić information content (AvgIpc) is 1.88. The summed E-state index contributed by atoms with van der Waals surface area (Å²) < 4.78 is 13.0. The van der Waals surface area contributed by atoms with Gasteiger partial charge in [-0.25, -0.2) is 15.2 Å². The van der Waals surface area contributed by atoms with Crippen LogP contribution < -0.4 is 11.3 Å². The number of hydrazine groups is 1. The summed E-state index contributed by atoms with van der Waals surface area (Å²) in [6.07, 6.45) is 1.11. The van der Waals surface area contributed by atoms with Crippen molar-refractivity contribution in [2.24, 2.45) is 5.84 Å².